The molecule has 7 heteroatoms. The third-order valence-electron chi connectivity index (χ3n) is 5.42. The Labute approximate surface area is 166 Å². The average molecular weight is 383 g/mol. The number of nitrogens with zero attached hydrogens (tertiary/aromatic N) is 4. The Hall–Kier alpha value is -2.38. The van der Waals surface area contributed by atoms with E-state index in [-0.39, 0.29) is 0 Å². The second-order valence-electron chi connectivity index (χ2n) is 7.43. The van der Waals surface area contributed by atoms with E-state index in [4.69, 9.17) is 9.15 Å². The van der Waals surface area contributed by atoms with Gasteiger partial charge in [-0.2, -0.15) is 0 Å². The van der Waals surface area contributed by atoms with Crippen molar-refractivity contribution in [1.29, 1.82) is 0 Å². The van der Waals surface area contributed by atoms with Gasteiger partial charge in [-0.3, -0.25) is 9.89 Å². The molecule has 0 saturated carbocycles. The van der Waals surface area contributed by atoms with Crippen LogP contribution in [0.2, 0.25) is 0 Å². The quantitative estimate of drug-likeness (QED) is 0.630. The Morgan fingerprint density at radius 3 is 2.75 bits per heavy atom. The van der Waals surface area contributed by atoms with E-state index in [1.165, 1.54) is 6.42 Å². The summed E-state index contributed by atoms with van der Waals surface area (Å²) in [6.45, 7) is 7.71. The summed E-state index contributed by atoms with van der Waals surface area (Å²) in [6, 6.07) is 9.95. The third kappa shape index (κ3) is 4.72. The minimum absolute atomic E-state index is 0.600. The van der Waals surface area contributed by atoms with Crippen LogP contribution in [0, 0.1) is 5.92 Å². The maximum atomic E-state index is 5.62. The molecule has 2 aliphatic heterocycles. The third-order valence-corrected chi connectivity index (χ3v) is 5.42. The molecule has 0 aliphatic carbocycles. The van der Waals surface area contributed by atoms with Crippen molar-refractivity contribution in [2.45, 2.75) is 13.0 Å². The largest absolute Gasteiger partial charge is 0.444 e. The summed E-state index contributed by atoms with van der Waals surface area (Å²) >= 11 is 0. The van der Waals surface area contributed by atoms with Gasteiger partial charge in [-0.05, 0) is 24.5 Å². The van der Waals surface area contributed by atoms with Crippen LogP contribution in [0.4, 0.5) is 0 Å². The van der Waals surface area contributed by atoms with Gasteiger partial charge in [0.25, 0.3) is 0 Å². The lowest BCUT2D eigenvalue weighted by molar-refractivity contribution is 0.139. The summed E-state index contributed by atoms with van der Waals surface area (Å²) in [6.07, 6.45) is 2.91. The Morgan fingerprint density at radius 2 is 2.04 bits per heavy atom. The summed E-state index contributed by atoms with van der Waals surface area (Å²) in [5.74, 6) is 2.28. The van der Waals surface area contributed by atoms with Crippen molar-refractivity contribution in [2.75, 3.05) is 53.0 Å². The molecule has 1 N–H and O–H groups in total. The van der Waals surface area contributed by atoms with E-state index in [1.807, 2.05) is 37.4 Å². The molecule has 2 saturated heterocycles. The van der Waals surface area contributed by atoms with Gasteiger partial charge >= 0.3 is 0 Å². The molecule has 7 nitrogen and oxygen atoms in total. The molecule has 2 fully saturated rings. The molecule has 0 spiro atoms. The number of ether oxygens (including phenoxy) is 1. The van der Waals surface area contributed by atoms with E-state index < -0.39 is 0 Å². The molecule has 4 rings (SSSR count). The number of piperazine rings is 1. The zero-order valence-electron chi connectivity index (χ0n) is 16.5. The maximum Gasteiger partial charge on any atom is 0.226 e. The SMILES string of the molecule is CN=C(NCc1coc(-c2ccccc2)n1)N1CCN(CC2CCOC2)CC1. The molecule has 2 aliphatic rings. The van der Waals surface area contributed by atoms with Gasteiger partial charge in [0.1, 0.15) is 6.26 Å². The van der Waals surface area contributed by atoms with Crippen molar-refractivity contribution in [2.24, 2.45) is 10.9 Å². The fraction of sp³-hybridized carbons (Fsp3) is 0.524. The van der Waals surface area contributed by atoms with Gasteiger partial charge in [-0.25, -0.2) is 4.98 Å². The number of rotatable bonds is 5. The predicted octanol–water partition coefficient (Wildman–Crippen LogP) is 2.07. The van der Waals surface area contributed by atoms with E-state index in [0.29, 0.717) is 18.4 Å². The first-order valence-electron chi connectivity index (χ1n) is 10.1. The minimum atomic E-state index is 0.600. The van der Waals surface area contributed by atoms with Crippen LogP contribution >= 0.6 is 0 Å². The Balaban J connectivity index is 1.26. The highest BCUT2D eigenvalue weighted by Gasteiger charge is 2.24. The van der Waals surface area contributed by atoms with E-state index in [2.05, 4.69) is 25.1 Å². The average Bonchev–Trinajstić information content (AvgIpc) is 3.42. The molecular weight excluding hydrogens is 354 g/mol. The number of aliphatic imine (C=N–C) groups is 1. The number of guanidine groups is 1. The molecule has 150 valence electrons. The molecule has 0 amide bonds. The molecular formula is C21H29N5O2. The standard InChI is InChI=1S/C21H29N5O2/c1-22-21(26-10-8-25(9-11-26)14-17-7-12-27-15-17)23-13-19-16-28-20(24-19)18-5-3-2-4-6-18/h2-6,16-17H,7-15H2,1H3,(H,22,23). The first kappa shape index (κ1) is 19.0. The number of hydrogen-bond donors (Lipinski definition) is 1. The van der Waals surface area contributed by atoms with Crippen LogP contribution in [0.5, 0.6) is 0 Å². The fourth-order valence-electron chi connectivity index (χ4n) is 3.84. The molecule has 28 heavy (non-hydrogen) atoms. The molecule has 1 unspecified atom stereocenters. The van der Waals surface area contributed by atoms with Gasteiger partial charge in [0.2, 0.25) is 5.89 Å². The van der Waals surface area contributed by atoms with E-state index in [9.17, 15) is 0 Å². The smallest absolute Gasteiger partial charge is 0.226 e. The number of hydrogen-bond acceptors (Lipinski definition) is 5. The van der Waals surface area contributed by atoms with Crippen LogP contribution in [0.15, 0.2) is 46.0 Å². The van der Waals surface area contributed by atoms with Crippen molar-refractivity contribution >= 4 is 5.96 Å². The summed E-state index contributed by atoms with van der Waals surface area (Å²) in [4.78, 5) is 13.9. The van der Waals surface area contributed by atoms with Gasteiger partial charge < -0.3 is 19.4 Å². The van der Waals surface area contributed by atoms with Crippen molar-refractivity contribution < 1.29 is 9.15 Å². The molecule has 1 atom stereocenters. The zero-order valence-corrected chi connectivity index (χ0v) is 16.5. The van der Waals surface area contributed by atoms with Crippen LogP contribution in [0.25, 0.3) is 11.5 Å². The zero-order chi connectivity index (χ0) is 19.2. The first-order chi connectivity index (χ1) is 13.8. The highest BCUT2D eigenvalue weighted by molar-refractivity contribution is 5.80. The van der Waals surface area contributed by atoms with Crippen molar-refractivity contribution in [3.8, 4) is 11.5 Å². The second-order valence-corrected chi connectivity index (χ2v) is 7.43. The Bertz CT molecular complexity index is 762. The summed E-state index contributed by atoms with van der Waals surface area (Å²) in [5, 5.41) is 3.42. The lowest BCUT2D eigenvalue weighted by atomic mass is 10.1. The Kier molecular flexibility index (Phi) is 6.24. The lowest BCUT2D eigenvalue weighted by Crippen LogP contribution is -2.53. The molecule has 1 aromatic heterocycles. The predicted molar refractivity (Wildman–Crippen MR) is 109 cm³/mol. The monoisotopic (exact) mass is 383 g/mol. The normalized spacial score (nSPS) is 21.2. The van der Waals surface area contributed by atoms with Crippen molar-refractivity contribution in [3.05, 3.63) is 42.3 Å². The summed E-state index contributed by atoms with van der Waals surface area (Å²) in [7, 11) is 1.84. The number of benzene rings is 1. The van der Waals surface area contributed by atoms with Crippen molar-refractivity contribution in [3.63, 3.8) is 0 Å². The molecule has 0 bridgehead atoms. The highest BCUT2D eigenvalue weighted by atomic mass is 16.5. The van der Waals surface area contributed by atoms with Crippen LogP contribution in [0.3, 0.4) is 0 Å². The van der Waals surface area contributed by atoms with Crippen LogP contribution in [0.1, 0.15) is 12.1 Å². The van der Waals surface area contributed by atoms with Gasteiger partial charge in [0, 0.05) is 51.9 Å². The van der Waals surface area contributed by atoms with Gasteiger partial charge in [0.15, 0.2) is 5.96 Å². The van der Waals surface area contributed by atoms with Crippen LogP contribution in [-0.4, -0.2) is 73.7 Å². The van der Waals surface area contributed by atoms with Crippen LogP contribution in [-0.2, 0) is 11.3 Å². The van der Waals surface area contributed by atoms with Gasteiger partial charge in [-0.15, -0.1) is 0 Å². The van der Waals surface area contributed by atoms with Gasteiger partial charge in [0.05, 0.1) is 18.8 Å². The first-order valence-corrected chi connectivity index (χ1v) is 10.1. The molecule has 1 aromatic carbocycles. The number of oxazole rings is 1. The van der Waals surface area contributed by atoms with E-state index >= 15 is 0 Å². The second kappa shape index (κ2) is 9.21. The minimum Gasteiger partial charge on any atom is -0.444 e. The highest BCUT2D eigenvalue weighted by Crippen LogP contribution is 2.18. The fourth-order valence-corrected chi connectivity index (χ4v) is 3.84. The lowest BCUT2D eigenvalue weighted by Gasteiger charge is -2.37. The number of aromatic nitrogens is 1. The molecule has 3 heterocycles. The topological polar surface area (TPSA) is 66.1 Å². The van der Waals surface area contributed by atoms with E-state index in [0.717, 1.165) is 63.2 Å². The van der Waals surface area contributed by atoms with Gasteiger partial charge in [-0.1, -0.05) is 18.2 Å². The molecule has 0 radical (unpaired) electrons. The van der Waals surface area contributed by atoms with Crippen molar-refractivity contribution in [1.82, 2.24) is 20.1 Å². The van der Waals surface area contributed by atoms with E-state index in [1.54, 1.807) is 6.26 Å². The number of nitrogens with one attached hydrogen (secondary N) is 1. The molecule has 2 aromatic rings. The summed E-state index contributed by atoms with van der Waals surface area (Å²) in [5.41, 5.74) is 1.86. The maximum absolute atomic E-state index is 5.62. The van der Waals surface area contributed by atoms with Crippen LogP contribution < -0.4 is 5.32 Å². The summed E-state index contributed by atoms with van der Waals surface area (Å²) < 4.78 is 11.1. The Morgan fingerprint density at radius 1 is 1.21 bits per heavy atom.